The number of nitrogens with zero attached hydrogens (tertiary/aromatic N) is 2. The number of nitrogens with two attached hydrogens (primary N) is 1. The summed E-state index contributed by atoms with van der Waals surface area (Å²) in [6.07, 6.45) is 0. The lowest BCUT2D eigenvalue weighted by atomic mass is 9.99. The van der Waals surface area contributed by atoms with Gasteiger partial charge in [-0.2, -0.15) is 0 Å². The third kappa shape index (κ3) is 4.15. The molecule has 3 heterocycles. The normalized spacial score (nSPS) is 13.9. The zero-order valence-electron chi connectivity index (χ0n) is 18.0. The average molecular weight is 480 g/mol. The Morgan fingerprint density at radius 1 is 1.09 bits per heavy atom. The van der Waals surface area contributed by atoms with E-state index in [2.05, 4.69) is 0 Å². The van der Waals surface area contributed by atoms with Crippen molar-refractivity contribution in [1.82, 2.24) is 9.88 Å². The maximum atomic E-state index is 13.3. The Bertz CT molecular complexity index is 1310. The van der Waals surface area contributed by atoms with E-state index in [9.17, 15) is 4.79 Å². The second-order valence-electron chi connectivity index (χ2n) is 7.72. The van der Waals surface area contributed by atoms with Gasteiger partial charge in [-0.1, -0.05) is 35.9 Å². The number of benzene rings is 2. The number of ether oxygens (including phenoxy) is 2. The number of aromatic nitrogens is 1. The average Bonchev–Trinajstić information content (AvgIpc) is 3.20. The van der Waals surface area contributed by atoms with Crippen LogP contribution in [0.2, 0.25) is 5.02 Å². The first-order valence-electron chi connectivity index (χ1n) is 10.6. The minimum absolute atomic E-state index is 0.0764. The zero-order chi connectivity index (χ0) is 22.9. The molecule has 8 heteroatoms. The molecule has 0 saturated carbocycles. The van der Waals surface area contributed by atoms with Crippen molar-refractivity contribution in [2.75, 3.05) is 39.1 Å². The Kier molecular flexibility index (Phi) is 5.93. The van der Waals surface area contributed by atoms with Crippen molar-refractivity contribution in [1.29, 1.82) is 0 Å². The highest BCUT2D eigenvalue weighted by Gasteiger charge is 2.26. The third-order valence-electron chi connectivity index (χ3n) is 5.73. The molecule has 0 bridgehead atoms. The number of rotatable bonds is 4. The van der Waals surface area contributed by atoms with E-state index < -0.39 is 0 Å². The molecule has 5 rings (SSSR count). The molecule has 2 aromatic heterocycles. The van der Waals surface area contributed by atoms with Gasteiger partial charge in [-0.15, -0.1) is 11.3 Å². The highest BCUT2D eigenvalue weighted by atomic mass is 35.5. The van der Waals surface area contributed by atoms with Gasteiger partial charge in [0.2, 0.25) is 0 Å². The Balaban J connectivity index is 1.69. The van der Waals surface area contributed by atoms with Crippen LogP contribution in [0.5, 0.6) is 5.75 Å². The van der Waals surface area contributed by atoms with Gasteiger partial charge in [-0.3, -0.25) is 4.79 Å². The van der Waals surface area contributed by atoms with Crippen LogP contribution in [-0.2, 0) is 4.74 Å². The minimum Gasteiger partial charge on any atom is -0.497 e. The fourth-order valence-electron chi connectivity index (χ4n) is 3.96. The van der Waals surface area contributed by atoms with Gasteiger partial charge >= 0.3 is 0 Å². The maximum Gasteiger partial charge on any atom is 0.266 e. The Hall–Kier alpha value is -3.13. The lowest BCUT2D eigenvalue weighted by Gasteiger charge is -2.26. The van der Waals surface area contributed by atoms with Crippen molar-refractivity contribution in [3.05, 3.63) is 64.5 Å². The van der Waals surface area contributed by atoms with E-state index in [1.165, 1.54) is 11.3 Å². The van der Waals surface area contributed by atoms with E-state index in [1.807, 2.05) is 54.6 Å². The maximum absolute atomic E-state index is 13.3. The highest BCUT2D eigenvalue weighted by molar-refractivity contribution is 7.21. The van der Waals surface area contributed by atoms with E-state index in [0.29, 0.717) is 41.9 Å². The van der Waals surface area contributed by atoms with E-state index in [0.717, 1.165) is 38.4 Å². The first kappa shape index (κ1) is 21.7. The molecule has 0 radical (unpaired) electrons. The van der Waals surface area contributed by atoms with Gasteiger partial charge < -0.3 is 20.1 Å². The molecule has 2 N–H and O–H groups in total. The zero-order valence-corrected chi connectivity index (χ0v) is 19.6. The molecule has 2 aromatic carbocycles. The number of methoxy groups -OCH3 is 1. The molecule has 4 aromatic rings. The quantitative estimate of drug-likeness (QED) is 0.427. The lowest BCUT2D eigenvalue weighted by Crippen LogP contribution is -2.40. The molecule has 6 nitrogen and oxygen atoms in total. The van der Waals surface area contributed by atoms with Crippen molar-refractivity contribution in [2.24, 2.45) is 0 Å². The molecular formula is C25H22ClN3O3S. The number of carbonyl (C=O) groups is 1. The monoisotopic (exact) mass is 479 g/mol. The molecule has 0 aliphatic carbocycles. The van der Waals surface area contributed by atoms with Gasteiger partial charge in [0.05, 0.1) is 31.7 Å². The molecular weight excluding hydrogens is 458 g/mol. The second-order valence-corrected chi connectivity index (χ2v) is 9.16. The number of hydrogen-bond acceptors (Lipinski definition) is 6. The van der Waals surface area contributed by atoms with E-state index in [-0.39, 0.29) is 5.91 Å². The lowest BCUT2D eigenvalue weighted by molar-refractivity contribution is 0.0307. The van der Waals surface area contributed by atoms with Crippen molar-refractivity contribution in [2.45, 2.75) is 0 Å². The Morgan fingerprint density at radius 2 is 1.76 bits per heavy atom. The molecule has 0 unspecified atom stereocenters. The summed E-state index contributed by atoms with van der Waals surface area (Å²) in [6.45, 7) is 2.18. The number of halogens is 1. The highest BCUT2D eigenvalue weighted by Crippen LogP contribution is 2.42. The van der Waals surface area contributed by atoms with E-state index in [4.69, 9.17) is 31.8 Å². The van der Waals surface area contributed by atoms with Crippen LogP contribution in [0.1, 0.15) is 9.67 Å². The van der Waals surface area contributed by atoms with Crippen LogP contribution in [0.25, 0.3) is 32.6 Å². The molecule has 1 fully saturated rings. The number of anilines is 1. The smallest absolute Gasteiger partial charge is 0.266 e. The summed E-state index contributed by atoms with van der Waals surface area (Å²) in [5, 5.41) is 1.45. The van der Waals surface area contributed by atoms with Crippen molar-refractivity contribution in [3.8, 4) is 28.1 Å². The number of fused-ring (bicyclic) bond motifs is 1. The van der Waals surface area contributed by atoms with Crippen molar-refractivity contribution in [3.63, 3.8) is 0 Å². The minimum atomic E-state index is -0.0764. The number of pyridine rings is 1. The van der Waals surface area contributed by atoms with Gasteiger partial charge in [0, 0.05) is 29.1 Å². The van der Waals surface area contributed by atoms with Crippen LogP contribution >= 0.6 is 22.9 Å². The fraction of sp³-hybridized carbons (Fsp3) is 0.200. The van der Waals surface area contributed by atoms with Gasteiger partial charge in [0.1, 0.15) is 15.5 Å². The van der Waals surface area contributed by atoms with Gasteiger partial charge in [-0.25, -0.2) is 4.98 Å². The molecule has 0 spiro atoms. The van der Waals surface area contributed by atoms with Crippen LogP contribution in [0, 0.1) is 0 Å². The summed E-state index contributed by atoms with van der Waals surface area (Å²) in [5.41, 5.74) is 10.7. The molecule has 1 aliphatic rings. The fourth-order valence-corrected chi connectivity index (χ4v) is 5.17. The molecule has 33 heavy (non-hydrogen) atoms. The number of thiophene rings is 1. The summed E-state index contributed by atoms with van der Waals surface area (Å²) in [4.78, 5) is 21.2. The van der Waals surface area contributed by atoms with Gasteiger partial charge in [0.25, 0.3) is 5.91 Å². The Labute approximate surface area is 200 Å². The van der Waals surface area contributed by atoms with Gasteiger partial charge in [-0.05, 0) is 41.5 Å². The van der Waals surface area contributed by atoms with Crippen LogP contribution in [0.15, 0.2) is 54.6 Å². The van der Waals surface area contributed by atoms with Crippen LogP contribution in [-0.4, -0.2) is 49.2 Å². The molecule has 1 aliphatic heterocycles. The predicted molar refractivity (Wildman–Crippen MR) is 133 cm³/mol. The standard InChI is InChI=1S/C25H22ClN3O3S/c1-31-18-8-4-15(5-9-18)19-14-20(16-2-6-17(26)7-3-16)28-24-21(19)22(27)23(33-24)25(30)29-10-12-32-13-11-29/h2-9,14H,10-13,27H2,1H3. The molecule has 1 saturated heterocycles. The summed E-state index contributed by atoms with van der Waals surface area (Å²) < 4.78 is 10.7. The van der Waals surface area contributed by atoms with Crippen molar-refractivity contribution >= 4 is 44.7 Å². The van der Waals surface area contributed by atoms with Crippen LogP contribution in [0.3, 0.4) is 0 Å². The molecule has 168 valence electrons. The van der Waals surface area contributed by atoms with Gasteiger partial charge in [0.15, 0.2) is 0 Å². The number of nitrogen functional groups attached to an aromatic ring is 1. The van der Waals surface area contributed by atoms with E-state index >= 15 is 0 Å². The third-order valence-corrected chi connectivity index (χ3v) is 7.07. The Morgan fingerprint density at radius 3 is 2.42 bits per heavy atom. The molecule has 0 atom stereocenters. The topological polar surface area (TPSA) is 77.7 Å². The number of amides is 1. The predicted octanol–water partition coefficient (Wildman–Crippen LogP) is 5.35. The summed E-state index contributed by atoms with van der Waals surface area (Å²) in [5.74, 6) is 0.691. The second kappa shape index (κ2) is 9.02. The van der Waals surface area contributed by atoms with E-state index in [1.54, 1.807) is 12.0 Å². The number of hydrogen-bond donors (Lipinski definition) is 1. The number of carbonyl (C=O) groups excluding carboxylic acids is 1. The first-order chi connectivity index (χ1) is 16.0. The van der Waals surface area contributed by atoms with Crippen LogP contribution in [0.4, 0.5) is 5.69 Å². The first-order valence-corrected chi connectivity index (χ1v) is 11.7. The number of morpholine rings is 1. The summed E-state index contributed by atoms with van der Waals surface area (Å²) in [6, 6.07) is 17.4. The summed E-state index contributed by atoms with van der Waals surface area (Å²) in [7, 11) is 1.64. The largest absolute Gasteiger partial charge is 0.497 e. The molecule has 1 amide bonds. The van der Waals surface area contributed by atoms with Crippen LogP contribution < -0.4 is 10.5 Å². The SMILES string of the molecule is COc1ccc(-c2cc(-c3ccc(Cl)cc3)nc3sc(C(=O)N4CCOCC4)c(N)c23)cc1. The summed E-state index contributed by atoms with van der Waals surface area (Å²) >= 11 is 7.42. The van der Waals surface area contributed by atoms with Crippen molar-refractivity contribution < 1.29 is 14.3 Å².